The van der Waals surface area contributed by atoms with E-state index in [0.717, 1.165) is 0 Å². The highest BCUT2D eigenvalue weighted by Gasteiger charge is 2.07. The maximum absolute atomic E-state index is 13.0. The molecule has 1 amide bonds. The summed E-state index contributed by atoms with van der Waals surface area (Å²) in [5.74, 6) is -0.326. The summed E-state index contributed by atoms with van der Waals surface area (Å²) in [4.78, 5) is 16.6. The van der Waals surface area contributed by atoms with Crippen LogP contribution in [0.25, 0.3) is 0 Å². The fourth-order valence-electron chi connectivity index (χ4n) is 2.53. The third kappa shape index (κ3) is 4.73. The highest BCUT2D eigenvalue weighted by Crippen LogP contribution is 2.29. The van der Waals surface area contributed by atoms with Crippen molar-refractivity contribution in [3.8, 4) is 11.5 Å². The molecular weight excluding hydrogens is 359 g/mol. The number of aliphatic imine (C=N–C) groups is 1. The third-order valence-electron chi connectivity index (χ3n) is 3.89. The molecule has 5 nitrogen and oxygen atoms in total. The number of nitrogens with zero attached hydrogens (tertiary/aromatic N) is 1. The van der Waals surface area contributed by atoms with Gasteiger partial charge in [-0.25, -0.2) is 4.39 Å². The smallest absolute Gasteiger partial charge is 0.255 e. The lowest BCUT2D eigenvalue weighted by Crippen LogP contribution is -2.11. The molecule has 3 aromatic carbocycles. The minimum atomic E-state index is -0.399. The zero-order chi connectivity index (χ0) is 19.9. The third-order valence-corrected chi connectivity index (χ3v) is 3.89. The van der Waals surface area contributed by atoms with Gasteiger partial charge in [0.05, 0.1) is 12.3 Å². The van der Waals surface area contributed by atoms with Crippen LogP contribution in [-0.4, -0.2) is 23.8 Å². The fourth-order valence-corrected chi connectivity index (χ4v) is 2.53. The minimum Gasteiger partial charge on any atom is -0.504 e. The Balaban J connectivity index is 1.75. The van der Waals surface area contributed by atoms with E-state index in [4.69, 9.17) is 4.74 Å². The first kappa shape index (κ1) is 19.1. The number of carbonyl (C=O) groups excluding carboxylic acids is 1. The number of benzene rings is 3. The van der Waals surface area contributed by atoms with Gasteiger partial charge in [0.25, 0.3) is 5.91 Å². The number of rotatable bonds is 6. The molecule has 2 N–H and O–H groups in total. The number of carbonyl (C=O) groups is 1. The molecule has 3 aromatic rings. The summed E-state index contributed by atoms with van der Waals surface area (Å²) in [6.45, 7) is 2.29. The summed E-state index contributed by atoms with van der Waals surface area (Å²) < 4.78 is 18.3. The van der Waals surface area contributed by atoms with Gasteiger partial charge in [0.1, 0.15) is 5.82 Å². The average molecular weight is 378 g/mol. The number of hydrogen-bond donors (Lipinski definition) is 2. The highest BCUT2D eigenvalue weighted by atomic mass is 19.1. The average Bonchev–Trinajstić information content (AvgIpc) is 2.69. The lowest BCUT2D eigenvalue weighted by molar-refractivity contribution is 0.102. The number of anilines is 1. The van der Waals surface area contributed by atoms with Crippen molar-refractivity contribution in [3.63, 3.8) is 0 Å². The van der Waals surface area contributed by atoms with Gasteiger partial charge in [0.15, 0.2) is 11.5 Å². The van der Waals surface area contributed by atoms with E-state index in [1.54, 1.807) is 42.5 Å². The molecule has 0 saturated heterocycles. The molecule has 0 aromatic heterocycles. The molecule has 0 atom stereocenters. The van der Waals surface area contributed by atoms with Gasteiger partial charge in [-0.3, -0.25) is 9.79 Å². The predicted molar refractivity (Wildman–Crippen MR) is 107 cm³/mol. The van der Waals surface area contributed by atoms with Crippen LogP contribution in [0.1, 0.15) is 22.8 Å². The number of aromatic hydroxyl groups is 1. The van der Waals surface area contributed by atoms with Gasteiger partial charge >= 0.3 is 0 Å². The Labute approximate surface area is 162 Å². The molecule has 28 heavy (non-hydrogen) atoms. The summed E-state index contributed by atoms with van der Waals surface area (Å²) in [6, 6.07) is 17.4. The number of ether oxygens (including phenoxy) is 1. The first-order chi connectivity index (χ1) is 13.6. The zero-order valence-corrected chi connectivity index (χ0v) is 15.2. The van der Waals surface area contributed by atoms with Crippen molar-refractivity contribution in [3.05, 3.63) is 83.7 Å². The van der Waals surface area contributed by atoms with Crippen LogP contribution in [0, 0.1) is 5.82 Å². The van der Waals surface area contributed by atoms with Crippen LogP contribution < -0.4 is 10.1 Å². The van der Waals surface area contributed by atoms with E-state index < -0.39 is 5.82 Å². The molecule has 0 aliphatic heterocycles. The van der Waals surface area contributed by atoms with Gasteiger partial charge in [-0.05, 0) is 61.5 Å². The molecule has 0 spiro atoms. The van der Waals surface area contributed by atoms with E-state index in [2.05, 4.69) is 10.3 Å². The van der Waals surface area contributed by atoms with Gasteiger partial charge in [0.2, 0.25) is 0 Å². The van der Waals surface area contributed by atoms with Gasteiger partial charge in [0, 0.05) is 23.0 Å². The molecule has 3 rings (SSSR count). The SMILES string of the molecule is CCOc1cccc(C=Nc2cccc(NC(=O)c3ccc(F)cc3)c2)c1O. The second kappa shape index (κ2) is 8.81. The van der Waals surface area contributed by atoms with Crippen LogP contribution >= 0.6 is 0 Å². The molecule has 0 heterocycles. The summed E-state index contributed by atoms with van der Waals surface area (Å²) in [6.07, 6.45) is 1.53. The van der Waals surface area contributed by atoms with Crippen molar-refractivity contribution in [2.24, 2.45) is 4.99 Å². The number of phenols is 1. The maximum Gasteiger partial charge on any atom is 0.255 e. The standard InChI is InChI=1S/C22H19FN2O3/c1-2-28-20-8-3-5-16(21(20)26)14-24-18-6-4-7-19(13-18)25-22(27)15-9-11-17(23)12-10-15/h3-14,26H,2H2,1H3,(H,25,27). The normalized spacial score (nSPS) is 10.8. The number of nitrogens with one attached hydrogen (secondary N) is 1. The van der Waals surface area contributed by atoms with Crippen LogP contribution in [0.3, 0.4) is 0 Å². The van der Waals surface area contributed by atoms with E-state index in [9.17, 15) is 14.3 Å². The molecule has 0 bridgehead atoms. The predicted octanol–water partition coefficient (Wildman–Crippen LogP) is 4.93. The summed E-state index contributed by atoms with van der Waals surface area (Å²) in [5, 5.41) is 13.0. The number of amides is 1. The van der Waals surface area contributed by atoms with Crippen LogP contribution in [0.2, 0.25) is 0 Å². The van der Waals surface area contributed by atoms with E-state index in [0.29, 0.717) is 34.9 Å². The van der Waals surface area contributed by atoms with Crippen molar-refractivity contribution < 1.29 is 19.0 Å². The Kier molecular flexibility index (Phi) is 6.01. The first-order valence-corrected chi connectivity index (χ1v) is 8.72. The Morgan fingerprint density at radius 1 is 1.14 bits per heavy atom. The zero-order valence-electron chi connectivity index (χ0n) is 15.2. The van der Waals surface area contributed by atoms with E-state index in [-0.39, 0.29) is 11.7 Å². The molecule has 0 saturated carbocycles. The summed E-state index contributed by atoms with van der Waals surface area (Å²) in [5.41, 5.74) is 2.02. The number of hydrogen-bond acceptors (Lipinski definition) is 4. The molecule has 0 aliphatic carbocycles. The highest BCUT2D eigenvalue weighted by molar-refractivity contribution is 6.04. The molecule has 0 unspecified atom stereocenters. The molecule has 6 heteroatoms. The molecule has 142 valence electrons. The first-order valence-electron chi connectivity index (χ1n) is 8.72. The van der Waals surface area contributed by atoms with Gasteiger partial charge in [-0.15, -0.1) is 0 Å². The molecular formula is C22H19FN2O3. The lowest BCUT2D eigenvalue weighted by atomic mass is 10.2. The van der Waals surface area contributed by atoms with E-state index in [1.807, 2.05) is 6.92 Å². The van der Waals surface area contributed by atoms with Crippen molar-refractivity contribution in [2.75, 3.05) is 11.9 Å². The number of phenolic OH excluding ortho intramolecular Hbond substituents is 1. The largest absolute Gasteiger partial charge is 0.504 e. The van der Waals surface area contributed by atoms with Gasteiger partial charge in [-0.1, -0.05) is 12.1 Å². The number of para-hydroxylation sites is 1. The van der Waals surface area contributed by atoms with Crippen molar-refractivity contribution >= 4 is 23.5 Å². The van der Waals surface area contributed by atoms with Crippen molar-refractivity contribution in [1.29, 1.82) is 0 Å². The monoisotopic (exact) mass is 378 g/mol. The fraction of sp³-hybridized carbons (Fsp3) is 0.0909. The van der Waals surface area contributed by atoms with Gasteiger partial charge < -0.3 is 15.2 Å². The van der Waals surface area contributed by atoms with Crippen LogP contribution in [-0.2, 0) is 0 Å². The Bertz CT molecular complexity index is 1000. The Morgan fingerprint density at radius 3 is 2.64 bits per heavy atom. The quantitative estimate of drug-likeness (QED) is 0.597. The summed E-state index contributed by atoms with van der Waals surface area (Å²) >= 11 is 0. The van der Waals surface area contributed by atoms with Crippen LogP contribution in [0.5, 0.6) is 11.5 Å². The maximum atomic E-state index is 13.0. The molecule has 0 fully saturated rings. The van der Waals surface area contributed by atoms with Gasteiger partial charge in [-0.2, -0.15) is 0 Å². The van der Waals surface area contributed by atoms with E-state index >= 15 is 0 Å². The Morgan fingerprint density at radius 2 is 1.89 bits per heavy atom. The minimum absolute atomic E-state index is 0.0221. The topological polar surface area (TPSA) is 70.9 Å². The summed E-state index contributed by atoms with van der Waals surface area (Å²) in [7, 11) is 0. The Hall–Kier alpha value is -3.67. The van der Waals surface area contributed by atoms with E-state index in [1.165, 1.54) is 30.5 Å². The second-order valence-corrected chi connectivity index (χ2v) is 5.90. The molecule has 0 radical (unpaired) electrons. The number of halogens is 1. The second-order valence-electron chi connectivity index (χ2n) is 5.90. The van der Waals surface area contributed by atoms with Crippen LogP contribution in [0.15, 0.2) is 71.7 Å². The van der Waals surface area contributed by atoms with Crippen molar-refractivity contribution in [1.82, 2.24) is 0 Å². The molecule has 0 aliphatic rings. The van der Waals surface area contributed by atoms with Crippen LogP contribution in [0.4, 0.5) is 15.8 Å². The van der Waals surface area contributed by atoms with Crippen molar-refractivity contribution in [2.45, 2.75) is 6.92 Å². The lowest BCUT2D eigenvalue weighted by Gasteiger charge is -2.07.